The summed E-state index contributed by atoms with van der Waals surface area (Å²) in [6, 6.07) is 20.3. The van der Waals surface area contributed by atoms with Gasteiger partial charge in [-0.2, -0.15) is 5.10 Å². The van der Waals surface area contributed by atoms with Crippen LogP contribution in [-0.4, -0.2) is 30.8 Å². The number of amides is 1. The van der Waals surface area contributed by atoms with Gasteiger partial charge in [0.2, 0.25) is 0 Å². The average molecular weight is 517 g/mol. The lowest BCUT2D eigenvalue weighted by Crippen LogP contribution is -2.17. The molecule has 7 nitrogen and oxygen atoms in total. The zero-order valence-corrected chi connectivity index (χ0v) is 20.8. The highest BCUT2D eigenvalue weighted by molar-refractivity contribution is 7.14. The molecule has 0 aliphatic carbocycles. The van der Waals surface area contributed by atoms with Crippen LogP contribution in [0.4, 0.5) is 10.8 Å². The molecule has 1 amide bonds. The van der Waals surface area contributed by atoms with E-state index < -0.39 is 0 Å². The van der Waals surface area contributed by atoms with Gasteiger partial charge in [0, 0.05) is 22.2 Å². The Bertz CT molecular complexity index is 1410. The van der Waals surface area contributed by atoms with Gasteiger partial charge in [0.05, 0.1) is 24.0 Å². The molecule has 180 valence electrons. The minimum atomic E-state index is -0.352. The van der Waals surface area contributed by atoms with Crippen molar-refractivity contribution in [3.8, 4) is 35.1 Å². The molecule has 1 heterocycles. The molecule has 4 rings (SSSR count). The topological polar surface area (TPSA) is 84.8 Å². The molecule has 9 heteroatoms. The lowest BCUT2D eigenvalue weighted by atomic mass is 10.1. The summed E-state index contributed by atoms with van der Waals surface area (Å²) in [5.41, 5.74) is 6.28. The maximum absolute atomic E-state index is 12.5. The first-order valence-electron chi connectivity index (χ1n) is 10.7. The molecular weight excluding hydrogens is 496 g/mol. The molecule has 4 aromatic rings. The van der Waals surface area contributed by atoms with E-state index in [1.54, 1.807) is 24.3 Å². The van der Waals surface area contributed by atoms with Gasteiger partial charge in [-0.1, -0.05) is 47.9 Å². The number of halogens is 1. The Morgan fingerprint density at radius 1 is 1.19 bits per heavy atom. The van der Waals surface area contributed by atoms with Crippen LogP contribution in [0.25, 0.3) is 11.3 Å². The number of ether oxygens (including phenoxy) is 2. The molecule has 0 aliphatic heterocycles. The predicted octanol–water partition coefficient (Wildman–Crippen LogP) is 5.99. The van der Waals surface area contributed by atoms with Crippen LogP contribution in [0.3, 0.4) is 0 Å². The SMILES string of the molecule is C#CCOc1c(Cl)cc(/C=N\NC(=O)c2ccc(-c3csc(Nc4ccccc4)n3)cc2)cc1OC. The summed E-state index contributed by atoms with van der Waals surface area (Å²) >= 11 is 7.77. The third-order valence-corrected chi connectivity index (χ3v) is 5.94. The van der Waals surface area contributed by atoms with Crippen LogP contribution in [0.5, 0.6) is 11.5 Å². The molecule has 0 aliphatic rings. The van der Waals surface area contributed by atoms with Crippen LogP contribution in [0.1, 0.15) is 15.9 Å². The number of thiazole rings is 1. The fourth-order valence-electron chi connectivity index (χ4n) is 3.20. The van der Waals surface area contributed by atoms with Crippen molar-refractivity contribution in [2.75, 3.05) is 19.0 Å². The minimum absolute atomic E-state index is 0.0621. The van der Waals surface area contributed by atoms with Gasteiger partial charge >= 0.3 is 0 Å². The van der Waals surface area contributed by atoms with Crippen molar-refractivity contribution in [2.24, 2.45) is 5.10 Å². The zero-order valence-electron chi connectivity index (χ0n) is 19.2. The van der Waals surface area contributed by atoms with Crippen LogP contribution >= 0.6 is 22.9 Å². The number of carbonyl (C=O) groups excluding carboxylic acids is 1. The van der Waals surface area contributed by atoms with Crippen molar-refractivity contribution in [3.63, 3.8) is 0 Å². The van der Waals surface area contributed by atoms with Gasteiger partial charge in [-0.25, -0.2) is 10.4 Å². The Balaban J connectivity index is 1.38. The maximum Gasteiger partial charge on any atom is 0.271 e. The molecule has 0 radical (unpaired) electrons. The van der Waals surface area contributed by atoms with E-state index in [-0.39, 0.29) is 12.5 Å². The van der Waals surface area contributed by atoms with Gasteiger partial charge in [-0.05, 0) is 42.0 Å². The minimum Gasteiger partial charge on any atom is -0.493 e. The molecule has 0 unspecified atom stereocenters. The Labute approximate surface area is 217 Å². The van der Waals surface area contributed by atoms with Gasteiger partial charge in [-0.15, -0.1) is 17.8 Å². The fraction of sp³-hybridized carbons (Fsp3) is 0.0741. The Morgan fingerprint density at radius 2 is 1.97 bits per heavy atom. The van der Waals surface area contributed by atoms with Crippen LogP contribution in [0.2, 0.25) is 5.02 Å². The first kappa shape index (κ1) is 24.8. The summed E-state index contributed by atoms with van der Waals surface area (Å²) in [5, 5.41) is 10.4. The summed E-state index contributed by atoms with van der Waals surface area (Å²) in [5.74, 6) is 2.78. The number of hydrogen-bond acceptors (Lipinski definition) is 7. The number of methoxy groups -OCH3 is 1. The van der Waals surface area contributed by atoms with Gasteiger partial charge in [0.25, 0.3) is 5.91 Å². The molecule has 0 fully saturated rings. The number of hydrogen-bond donors (Lipinski definition) is 2. The van der Waals surface area contributed by atoms with E-state index in [0.29, 0.717) is 27.6 Å². The highest BCUT2D eigenvalue weighted by atomic mass is 35.5. The molecule has 0 bridgehead atoms. The number of anilines is 2. The van der Waals surface area contributed by atoms with Gasteiger partial charge < -0.3 is 14.8 Å². The third kappa shape index (κ3) is 6.21. The molecule has 3 aromatic carbocycles. The molecule has 0 atom stereocenters. The van der Waals surface area contributed by atoms with E-state index in [9.17, 15) is 4.79 Å². The summed E-state index contributed by atoms with van der Waals surface area (Å²) in [6.07, 6.45) is 6.69. The second kappa shape index (κ2) is 11.9. The van der Waals surface area contributed by atoms with E-state index in [1.807, 2.05) is 47.8 Å². The first-order valence-corrected chi connectivity index (χ1v) is 12.0. The zero-order chi connectivity index (χ0) is 25.3. The summed E-state index contributed by atoms with van der Waals surface area (Å²) in [7, 11) is 1.49. The van der Waals surface area contributed by atoms with Gasteiger partial charge in [0.1, 0.15) is 6.61 Å². The highest BCUT2D eigenvalue weighted by Crippen LogP contribution is 2.36. The van der Waals surface area contributed by atoms with Crippen molar-refractivity contribution >= 4 is 45.9 Å². The van der Waals surface area contributed by atoms with Crippen molar-refractivity contribution < 1.29 is 14.3 Å². The lowest BCUT2D eigenvalue weighted by Gasteiger charge is -2.11. The van der Waals surface area contributed by atoms with E-state index >= 15 is 0 Å². The summed E-state index contributed by atoms with van der Waals surface area (Å²) in [6.45, 7) is 0.0621. The Hall–Kier alpha value is -4.32. The second-order valence-corrected chi connectivity index (χ2v) is 8.60. The lowest BCUT2D eigenvalue weighted by molar-refractivity contribution is 0.0955. The van der Waals surface area contributed by atoms with E-state index in [0.717, 1.165) is 22.1 Å². The Morgan fingerprint density at radius 3 is 2.69 bits per heavy atom. The van der Waals surface area contributed by atoms with Crippen LogP contribution in [0, 0.1) is 12.3 Å². The molecule has 1 aromatic heterocycles. The normalized spacial score (nSPS) is 10.6. The molecule has 36 heavy (non-hydrogen) atoms. The monoisotopic (exact) mass is 516 g/mol. The highest BCUT2D eigenvalue weighted by Gasteiger charge is 2.12. The number of benzene rings is 3. The van der Waals surface area contributed by atoms with Gasteiger partial charge in [0.15, 0.2) is 16.6 Å². The molecule has 2 N–H and O–H groups in total. The molecular formula is C27H21ClN4O3S. The number of para-hydroxylation sites is 1. The van der Waals surface area contributed by atoms with Crippen molar-refractivity contribution in [1.29, 1.82) is 0 Å². The number of nitrogens with zero attached hydrogens (tertiary/aromatic N) is 2. The van der Waals surface area contributed by atoms with E-state index in [2.05, 4.69) is 26.7 Å². The van der Waals surface area contributed by atoms with Crippen molar-refractivity contribution in [3.05, 3.63) is 88.3 Å². The number of nitrogens with one attached hydrogen (secondary N) is 2. The quantitative estimate of drug-likeness (QED) is 0.162. The smallest absolute Gasteiger partial charge is 0.271 e. The fourth-order valence-corrected chi connectivity index (χ4v) is 4.21. The third-order valence-electron chi connectivity index (χ3n) is 4.90. The summed E-state index contributed by atoms with van der Waals surface area (Å²) < 4.78 is 10.7. The number of aromatic nitrogens is 1. The predicted molar refractivity (Wildman–Crippen MR) is 145 cm³/mol. The van der Waals surface area contributed by atoms with Crippen LogP contribution in [0.15, 0.2) is 77.2 Å². The maximum atomic E-state index is 12.5. The number of hydrazone groups is 1. The average Bonchev–Trinajstić information content (AvgIpc) is 3.37. The molecule has 0 spiro atoms. The largest absolute Gasteiger partial charge is 0.493 e. The summed E-state index contributed by atoms with van der Waals surface area (Å²) in [4.78, 5) is 17.1. The van der Waals surface area contributed by atoms with E-state index in [1.165, 1.54) is 24.7 Å². The van der Waals surface area contributed by atoms with Crippen LogP contribution < -0.4 is 20.2 Å². The number of carbonyl (C=O) groups is 1. The van der Waals surface area contributed by atoms with Gasteiger partial charge in [-0.3, -0.25) is 4.79 Å². The van der Waals surface area contributed by atoms with Crippen LogP contribution in [-0.2, 0) is 0 Å². The van der Waals surface area contributed by atoms with Crippen molar-refractivity contribution in [2.45, 2.75) is 0 Å². The Kier molecular flexibility index (Phi) is 8.19. The second-order valence-electron chi connectivity index (χ2n) is 7.33. The molecule has 0 saturated heterocycles. The van der Waals surface area contributed by atoms with E-state index in [4.69, 9.17) is 27.5 Å². The van der Waals surface area contributed by atoms with Crippen molar-refractivity contribution in [1.82, 2.24) is 10.4 Å². The first-order chi connectivity index (χ1) is 17.6. The number of terminal acetylenes is 1. The standard InChI is InChI=1S/C27H21ClN4O3S/c1-3-13-35-25-22(28)14-18(15-24(25)34-2)16-29-32-26(33)20-11-9-19(10-12-20)23-17-36-27(31-23)30-21-7-5-4-6-8-21/h1,4-12,14-17H,13H2,2H3,(H,30,31)(H,32,33)/b29-16-. The number of rotatable bonds is 9. The molecule has 0 saturated carbocycles.